The quantitative estimate of drug-likeness (QED) is 0.304. The van der Waals surface area contributed by atoms with Crippen LogP contribution in [0.15, 0.2) is 36.5 Å². The zero-order chi connectivity index (χ0) is 21.1. The molecule has 0 amide bonds. The number of ether oxygens (including phenoxy) is 4. The fourth-order valence-corrected chi connectivity index (χ4v) is 1.48. The van der Waals surface area contributed by atoms with Crippen LogP contribution in [0.1, 0.15) is 34.1 Å². The Hall–Kier alpha value is -2.90. The summed E-state index contributed by atoms with van der Waals surface area (Å²) in [6.45, 7) is 16.1. The first kappa shape index (κ1) is 24.1. The maximum absolute atomic E-state index is 11.9. The maximum Gasteiger partial charge on any atom is 0.334 e. The van der Waals surface area contributed by atoms with Gasteiger partial charge in [-0.2, -0.15) is 0 Å². The number of carbonyl (C=O) groups is 4. The van der Waals surface area contributed by atoms with Gasteiger partial charge in [0.25, 0.3) is 0 Å². The molecular formula is C19H26O8. The van der Waals surface area contributed by atoms with Crippen LogP contribution in [0.5, 0.6) is 0 Å². The molecule has 0 aromatic heterocycles. The second kappa shape index (κ2) is 11.7. The third-order valence-corrected chi connectivity index (χ3v) is 2.88. The molecule has 0 aliphatic carbocycles. The molecule has 8 heteroatoms. The molecule has 0 fully saturated rings. The molecule has 2 unspecified atom stereocenters. The minimum atomic E-state index is -0.813. The van der Waals surface area contributed by atoms with Crippen LogP contribution < -0.4 is 0 Å². The van der Waals surface area contributed by atoms with Crippen LogP contribution in [0, 0.1) is 0 Å². The second-order valence-electron chi connectivity index (χ2n) is 6.05. The highest BCUT2D eigenvalue weighted by atomic mass is 16.6. The Morgan fingerprint density at radius 3 is 1.56 bits per heavy atom. The Bertz CT molecular complexity index is 632. The zero-order valence-corrected chi connectivity index (χ0v) is 16.2. The van der Waals surface area contributed by atoms with E-state index in [-0.39, 0.29) is 29.9 Å². The van der Waals surface area contributed by atoms with E-state index in [0.29, 0.717) is 0 Å². The van der Waals surface area contributed by atoms with Gasteiger partial charge in [-0.1, -0.05) is 19.7 Å². The lowest BCUT2D eigenvalue weighted by molar-refractivity contribution is -0.157. The zero-order valence-electron chi connectivity index (χ0n) is 16.2. The Labute approximate surface area is 158 Å². The summed E-state index contributed by atoms with van der Waals surface area (Å²) in [5.41, 5.74) is 0.334. The molecule has 150 valence electrons. The third kappa shape index (κ3) is 10.6. The van der Waals surface area contributed by atoms with Crippen LogP contribution in [-0.2, 0) is 38.1 Å². The van der Waals surface area contributed by atoms with Crippen molar-refractivity contribution in [3.05, 3.63) is 36.5 Å². The van der Waals surface area contributed by atoms with Gasteiger partial charge in [-0.05, 0) is 27.7 Å². The van der Waals surface area contributed by atoms with Crippen LogP contribution in [0.4, 0.5) is 0 Å². The van der Waals surface area contributed by atoms with Crippen molar-refractivity contribution < 1.29 is 38.1 Å². The summed E-state index contributed by atoms with van der Waals surface area (Å²) < 4.78 is 19.8. The van der Waals surface area contributed by atoms with Gasteiger partial charge < -0.3 is 18.9 Å². The molecule has 0 saturated carbocycles. The van der Waals surface area contributed by atoms with Gasteiger partial charge >= 0.3 is 23.9 Å². The molecule has 0 heterocycles. The van der Waals surface area contributed by atoms with Crippen LogP contribution in [0.2, 0.25) is 0 Å². The summed E-state index contributed by atoms with van der Waals surface area (Å²) >= 11 is 0. The van der Waals surface area contributed by atoms with Gasteiger partial charge in [0.15, 0.2) is 0 Å². The second-order valence-corrected chi connectivity index (χ2v) is 6.05. The van der Waals surface area contributed by atoms with E-state index in [9.17, 15) is 19.2 Å². The van der Waals surface area contributed by atoms with Gasteiger partial charge in [0.1, 0.15) is 25.4 Å². The Kier molecular flexibility index (Phi) is 10.4. The third-order valence-electron chi connectivity index (χ3n) is 2.88. The largest absolute Gasteiger partial charge is 0.459 e. The normalized spacial score (nSPS) is 12.1. The van der Waals surface area contributed by atoms with E-state index in [2.05, 4.69) is 19.7 Å². The van der Waals surface area contributed by atoms with Crippen molar-refractivity contribution in [1.29, 1.82) is 0 Å². The number of hydrogen-bond acceptors (Lipinski definition) is 8. The number of esters is 4. The molecule has 8 nitrogen and oxygen atoms in total. The summed E-state index contributed by atoms with van der Waals surface area (Å²) in [5.74, 6) is -2.72. The molecule has 0 radical (unpaired) electrons. The number of carbonyl (C=O) groups excluding carboxylic acids is 4. The fourth-order valence-electron chi connectivity index (χ4n) is 1.48. The standard InChI is InChI=1S/C19H26O8/c1-11(2)17(21)24-9-14(6)26-16(20)8-13(5)19(23)27-15(7)10-25-18(22)12(3)4/h14-15H,1,3,5,8-10H2,2,4,6-7H3. The average Bonchev–Trinajstić information content (AvgIpc) is 2.56. The van der Waals surface area contributed by atoms with E-state index in [1.165, 1.54) is 27.7 Å². The minimum absolute atomic E-state index is 0.121. The molecule has 0 aromatic rings. The predicted molar refractivity (Wildman–Crippen MR) is 96.4 cm³/mol. The molecule has 27 heavy (non-hydrogen) atoms. The average molecular weight is 382 g/mol. The Balaban J connectivity index is 4.26. The summed E-state index contributed by atoms with van der Waals surface area (Å²) in [7, 11) is 0. The highest BCUT2D eigenvalue weighted by molar-refractivity contribution is 5.93. The van der Waals surface area contributed by atoms with Gasteiger partial charge in [-0.3, -0.25) is 4.79 Å². The lowest BCUT2D eigenvalue weighted by Gasteiger charge is -2.16. The molecular weight excluding hydrogens is 356 g/mol. The summed E-state index contributed by atoms with van der Waals surface area (Å²) in [4.78, 5) is 46.2. The first-order valence-electron chi connectivity index (χ1n) is 8.17. The van der Waals surface area contributed by atoms with Crippen LogP contribution in [-0.4, -0.2) is 49.3 Å². The van der Waals surface area contributed by atoms with Crippen LogP contribution in [0.25, 0.3) is 0 Å². The molecule has 0 bridgehead atoms. The fraction of sp³-hybridized carbons (Fsp3) is 0.474. The first-order chi connectivity index (χ1) is 12.4. The van der Waals surface area contributed by atoms with Gasteiger partial charge in [0, 0.05) is 16.7 Å². The number of hydrogen-bond donors (Lipinski definition) is 0. The Morgan fingerprint density at radius 1 is 0.741 bits per heavy atom. The van der Waals surface area contributed by atoms with E-state index in [0.717, 1.165) is 0 Å². The van der Waals surface area contributed by atoms with E-state index in [1.54, 1.807) is 0 Å². The monoisotopic (exact) mass is 382 g/mol. The number of rotatable bonds is 11. The van der Waals surface area contributed by atoms with Gasteiger partial charge in [0.2, 0.25) is 0 Å². The van der Waals surface area contributed by atoms with Crippen molar-refractivity contribution in [2.75, 3.05) is 13.2 Å². The minimum Gasteiger partial charge on any atom is -0.459 e. The predicted octanol–water partition coefficient (Wildman–Crippen LogP) is 2.03. The SMILES string of the molecule is C=C(C)C(=O)OCC(C)OC(=O)CC(=C)C(=O)OC(C)COC(=O)C(=C)C. The molecule has 0 aromatic carbocycles. The summed E-state index contributed by atoms with van der Waals surface area (Å²) in [6, 6.07) is 0. The van der Waals surface area contributed by atoms with Crippen molar-refractivity contribution in [2.24, 2.45) is 0 Å². The van der Waals surface area contributed by atoms with Crippen molar-refractivity contribution in [3.63, 3.8) is 0 Å². The smallest absolute Gasteiger partial charge is 0.334 e. The molecule has 0 N–H and O–H groups in total. The Morgan fingerprint density at radius 2 is 1.15 bits per heavy atom. The maximum atomic E-state index is 11.9. The molecule has 0 spiro atoms. The lowest BCUT2D eigenvalue weighted by Crippen LogP contribution is -2.25. The summed E-state index contributed by atoms with van der Waals surface area (Å²) in [5, 5.41) is 0. The lowest BCUT2D eigenvalue weighted by atomic mass is 10.2. The van der Waals surface area contributed by atoms with E-state index in [1.807, 2.05) is 0 Å². The molecule has 0 aliphatic heterocycles. The highest BCUT2D eigenvalue weighted by Crippen LogP contribution is 2.08. The van der Waals surface area contributed by atoms with E-state index in [4.69, 9.17) is 18.9 Å². The van der Waals surface area contributed by atoms with Crippen molar-refractivity contribution in [2.45, 2.75) is 46.3 Å². The van der Waals surface area contributed by atoms with Crippen molar-refractivity contribution >= 4 is 23.9 Å². The van der Waals surface area contributed by atoms with E-state index >= 15 is 0 Å². The highest BCUT2D eigenvalue weighted by Gasteiger charge is 2.20. The van der Waals surface area contributed by atoms with Gasteiger partial charge in [-0.15, -0.1) is 0 Å². The topological polar surface area (TPSA) is 105 Å². The van der Waals surface area contributed by atoms with Crippen molar-refractivity contribution in [3.8, 4) is 0 Å². The van der Waals surface area contributed by atoms with Gasteiger partial charge in [0.05, 0.1) is 6.42 Å². The molecule has 0 saturated heterocycles. The van der Waals surface area contributed by atoms with Crippen LogP contribution >= 0.6 is 0 Å². The van der Waals surface area contributed by atoms with Crippen LogP contribution in [0.3, 0.4) is 0 Å². The van der Waals surface area contributed by atoms with Crippen molar-refractivity contribution in [1.82, 2.24) is 0 Å². The molecule has 2 atom stereocenters. The molecule has 0 rings (SSSR count). The first-order valence-corrected chi connectivity index (χ1v) is 8.17. The summed E-state index contributed by atoms with van der Waals surface area (Å²) in [6.07, 6.45) is -1.82. The molecule has 0 aliphatic rings. The van der Waals surface area contributed by atoms with E-state index < -0.39 is 42.5 Å². The van der Waals surface area contributed by atoms with Gasteiger partial charge in [-0.25, -0.2) is 14.4 Å².